The quantitative estimate of drug-likeness (QED) is 0.809. The molecule has 4 rings (SSSR count). The van der Waals surface area contributed by atoms with E-state index in [1.165, 1.54) is 19.4 Å². The van der Waals surface area contributed by atoms with Crippen LogP contribution in [0.2, 0.25) is 0 Å². The molecular formula is C13H17N5. The molecule has 4 heterocycles. The molecule has 0 amide bonds. The minimum Gasteiger partial charge on any atom is -0.355 e. The van der Waals surface area contributed by atoms with Crippen LogP contribution in [0.25, 0.3) is 5.65 Å². The second-order valence-electron chi connectivity index (χ2n) is 5.29. The van der Waals surface area contributed by atoms with Crippen molar-refractivity contribution in [1.29, 1.82) is 0 Å². The van der Waals surface area contributed by atoms with Crippen molar-refractivity contribution in [3.05, 3.63) is 24.5 Å². The second-order valence-corrected chi connectivity index (χ2v) is 5.29. The summed E-state index contributed by atoms with van der Waals surface area (Å²) < 4.78 is 1.81. The third kappa shape index (κ3) is 1.58. The first kappa shape index (κ1) is 10.3. The lowest BCUT2D eigenvalue weighted by Crippen LogP contribution is -2.40. The van der Waals surface area contributed by atoms with Gasteiger partial charge in [-0.2, -0.15) is 5.10 Å². The molecule has 5 nitrogen and oxygen atoms in total. The minimum atomic E-state index is 0.654. The third-order valence-electron chi connectivity index (χ3n) is 4.17. The Bertz CT molecular complexity index is 549. The van der Waals surface area contributed by atoms with E-state index in [-0.39, 0.29) is 0 Å². The zero-order chi connectivity index (χ0) is 11.9. The molecule has 2 saturated heterocycles. The highest BCUT2D eigenvalue weighted by Crippen LogP contribution is 2.28. The highest BCUT2D eigenvalue weighted by molar-refractivity contribution is 5.48. The largest absolute Gasteiger partial charge is 0.355 e. The Kier molecular flexibility index (Phi) is 2.26. The summed E-state index contributed by atoms with van der Waals surface area (Å²) in [4.78, 5) is 7.08. The van der Waals surface area contributed by atoms with Gasteiger partial charge in [-0.3, -0.25) is 0 Å². The Morgan fingerprint density at radius 1 is 1.28 bits per heavy atom. The van der Waals surface area contributed by atoms with Gasteiger partial charge in [0.2, 0.25) is 0 Å². The summed E-state index contributed by atoms with van der Waals surface area (Å²) >= 11 is 0. The molecular weight excluding hydrogens is 226 g/mol. The van der Waals surface area contributed by atoms with Gasteiger partial charge in [-0.1, -0.05) is 0 Å². The first-order valence-electron chi connectivity index (χ1n) is 6.69. The molecule has 0 aliphatic carbocycles. The number of nitrogens with one attached hydrogen (secondary N) is 1. The summed E-state index contributed by atoms with van der Waals surface area (Å²) in [5.74, 6) is 1.88. The maximum atomic E-state index is 4.67. The van der Waals surface area contributed by atoms with Crippen molar-refractivity contribution in [2.75, 3.05) is 24.5 Å². The maximum absolute atomic E-state index is 4.67. The summed E-state index contributed by atoms with van der Waals surface area (Å²) in [6.07, 6.45) is 6.44. The van der Waals surface area contributed by atoms with Gasteiger partial charge < -0.3 is 10.2 Å². The predicted octanol–water partition coefficient (Wildman–Crippen LogP) is 0.917. The highest BCUT2D eigenvalue weighted by Gasteiger charge is 2.34. The lowest BCUT2D eigenvalue weighted by molar-refractivity contribution is 0.340. The van der Waals surface area contributed by atoms with E-state index in [0.717, 1.165) is 30.5 Å². The Labute approximate surface area is 106 Å². The van der Waals surface area contributed by atoms with Gasteiger partial charge in [0, 0.05) is 31.4 Å². The molecule has 2 fully saturated rings. The standard InChI is InChI=1S/C13H17N5/c1-2-10-8-17(9-11(10)14-5-1)12-4-7-18-13(16-12)3-6-15-18/h3-4,6-7,10-11,14H,1-2,5,8-9H2. The molecule has 2 aliphatic heterocycles. The lowest BCUT2D eigenvalue weighted by Gasteiger charge is -2.24. The topological polar surface area (TPSA) is 45.5 Å². The van der Waals surface area contributed by atoms with Crippen LogP contribution in [0.15, 0.2) is 24.5 Å². The van der Waals surface area contributed by atoms with Crippen molar-refractivity contribution in [3.63, 3.8) is 0 Å². The fourth-order valence-corrected chi connectivity index (χ4v) is 3.21. The van der Waals surface area contributed by atoms with E-state index < -0.39 is 0 Å². The highest BCUT2D eigenvalue weighted by atomic mass is 15.3. The first-order chi connectivity index (χ1) is 8.90. The van der Waals surface area contributed by atoms with Crippen LogP contribution in [0.5, 0.6) is 0 Å². The Hall–Kier alpha value is -1.62. The van der Waals surface area contributed by atoms with Gasteiger partial charge in [-0.05, 0) is 31.4 Å². The molecule has 0 radical (unpaired) electrons. The first-order valence-corrected chi connectivity index (χ1v) is 6.69. The van der Waals surface area contributed by atoms with Crippen LogP contribution in [-0.2, 0) is 0 Å². The molecule has 0 spiro atoms. The SMILES string of the molecule is c1cc2nc(N3CC4CCCNC4C3)ccn2n1. The Morgan fingerprint density at radius 2 is 2.28 bits per heavy atom. The summed E-state index contributed by atoms with van der Waals surface area (Å²) in [6.45, 7) is 3.39. The van der Waals surface area contributed by atoms with E-state index in [4.69, 9.17) is 0 Å². The van der Waals surface area contributed by atoms with E-state index in [1.807, 2.05) is 16.8 Å². The molecule has 2 atom stereocenters. The lowest BCUT2D eigenvalue weighted by atomic mass is 9.94. The summed E-state index contributed by atoms with van der Waals surface area (Å²) in [6, 6.07) is 4.67. The van der Waals surface area contributed by atoms with Crippen molar-refractivity contribution < 1.29 is 0 Å². The predicted molar refractivity (Wildman–Crippen MR) is 69.7 cm³/mol. The van der Waals surface area contributed by atoms with E-state index in [0.29, 0.717) is 6.04 Å². The van der Waals surface area contributed by atoms with Crippen molar-refractivity contribution >= 4 is 11.5 Å². The molecule has 94 valence electrons. The molecule has 0 saturated carbocycles. The monoisotopic (exact) mass is 243 g/mol. The number of hydrogen-bond donors (Lipinski definition) is 1. The van der Waals surface area contributed by atoms with Crippen LogP contribution in [-0.4, -0.2) is 40.3 Å². The summed E-state index contributed by atoms with van der Waals surface area (Å²) in [5.41, 5.74) is 0.926. The van der Waals surface area contributed by atoms with Gasteiger partial charge in [0.1, 0.15) is 5.82 Å². The zero-order valence-corrected chi connectivity index (χ0v) is 10.3. The number of aromatic nitrogens is 3. The summed E-state index contributed by atoms with van der Waals surface area (Å²) in [5, 5.41) is 7.81. The van der Waals surface area contributed by atoms with Crippen LogP contribution < -0.4 is 10.2 Å². The molecule has 0 aromatic carbocycles. The maximum Gasteiger partial charge on any atom is 0.157 e. The molecule has 2 aromatic heterocycles. The average Bonchev–Trinajstić information content (AvgIpc) is 3.04. The van der Waals surface area contributed by atoms with Crippen LogP contribution >= 0.6 is 0 Å². The molecule has 5 heteroatoms. The second kappa shape index (κ2) is 3.95. The van der Waals surface area contributed by atoms with Gasteiger partial charge in [0.25, 0.3) is 0 Å². The van der Waals surface area contributed by atoms with Gasteiger partial charge in [0.05, 0.1) is 6.20 Å². The number of rotatable bonds is 1. The van der Waals surface area contributed by atoms with Crippen molar-refractivity contribution in [1.82, 2.24) is 19.9 Å². The van der Waals surface area contributed by atoms with Gasteiger partial charge in [0.15, 0.2) is 5.65 Å². The van der Waals surface area contributed by atoms with Crippen LogP contribution in [0.1, 0.15) is 12.8 Å². The van der Waals surface area contributed by atoms with E-state index >= 15 is 0 Å². The molecule has 2 unspecified atom stereocenters. The number of hydrogen-bond acceptors (Lipinski definition) is 4. The van der Waals surface area contributed by atoms with Crippen molar-refractivity contribution in [3.8, 4) is 0 Å². The summed E-state index contributed by atoms with van der Waals surface area (Å²) in [7, 11) is 0. The van der Waals surface area contributed by atoms with Crippen LogP contribution in [0.4, 0.5) is 5.82 Å². The van der Waals surface area contributed by atoms with Crippen molar-refractivity contribution in [2.45, 2.75) is 18.9 Å². The normalized spacial score (nSPS) is 27.7. The minimum absolute atomic E-state index is 0.654. The molecule has 1 N–H and O–H groups in total. The van der Waals surface area contributed by atoms with E-state index in [2.05, 4.69) is 26.4 Å². The number of nitrogens with zero attached hydrogens (tertiary/aromatic N) is 4. The molecule has 2 aliphatic rings. The van der Waals surface area contributed by atoms with Crippen molar-refractivity contribution in [2.24, 2.45) is 5.92 Å². The fourth-order valence-electron chi connectivity index (χ4n) is 3.21. The average molecular weight is 243 g/mol. The van der Waals surface area contributed by atoms with Crippen LogP contribution in [0, 0.1) is 5.92 Å². The Morgan fingerprint density at radius 3 is 3.22 bits per heavy atom. The number of piperidine rings is 1. The van der Waals surface area contributed by atoms with Crippen LogP contribution in [0.3, 0.4) is 0 Å². The third-order valence-corrected chi connectivity index (χ3v) is 4.17. The molecule has 0 bridgehead atoms. The van der Waals surface area contributed by atoms with Gasteiger partial charge in [-0.25, -0.2) is 9.50 Å². The van der Waals surface area contributed by atoms with Gasteiger partial charge >= 0.3 is 0 Å². The zero-order valence-electron chi connectivity index (χ0n) is 10.3. The van der Waals surface area contributed by atoms with E-state index in [1.54, 1.807) is 6.20 Å². The molecule has 18 heavy (non-hydrogen) atoms. The fraction of sp³-hybridized carbons (Fsp3) is 0.538. The number of anilines is 1. The van der Waals surface area contributed by atoms with E-state index in [9.17, 15) is 0 Å². The number of fused-ring (bicyclic) bond motifs is 2. The molecule has 2 aromatic rings. The Balaban J connectivity index is 1.62. The van der Waals surface area contributed by atoms with Gasteiger partial charge in [-0.15, -0.1) is 0 Å². The smallest absolute Gasteiger partial charge is 0.157 e.